The molecule has 0 bridgehead atoms. The molecule has 0 saturated heterocycles. The van der Waals surface area contributed by atoms with Crippen LogP contribution in [0.1, 0.15) is 10.4 Å². The Morgan fingerprint density at radius 2 is 1.25 bits per heavy atom. The van der Waals surface area contributed by atoms with Gasteiger partial charge in [-0.15, -0.1) is 0 Å². The Morgan fingerprint density at radius 1 is 0.600 bits per heavy atom. The molecule has 0 N–H and O–H groups in total. The Balaban J connectivity index is 2.10. The van der Waals surface area contributed by atoms with Crippen LogP contribution in [0, 0.1) is 0 Å². The van der Waals surface area contributed by atoms with E-state index in [4.69, 9.17) is 0 Å². The average Bonchev–Trinajstić information content (AvgIpc) is 2.56. The minimum atomic E-state index is 0.720. The van der Waals surface area contributed by atoms with Gasteiger partial charge in [0.2, 0.25) is 0 Å². The van der Waals surface area contributed by atoms with Crippen molar-refractivity contribution >= 4 is 6.29 Å². The lowest BCUT2D eigenvalue weighted by Gasteiger charge is -2.08. The summed E-state index contributed by atoms with van der Waals surface area (Å²) < 4.78 is 0. The zero-order chi connectivity index (χ0) is 13.8. The topological polar surface area (TPSA) is 17.1 Å². The molecule has 3 rings (SSSR count). The Hall–Kier alpha value is -2.67. The van der Waals surface area contributed by atoms with E-state index >= 15 is 0 Å². The highest BCUT2D eigenvalue weighted by atomic mass is 16.1. The normalized spacial score (nSPS) is 10.2. The minimum absolute atomic E-state index is 0.720. The molecular weight excluding hydrogens is 244 g/mol. The lowest BCUT2D eigenvalue weighted by Crippen LogP contribution is -1.87. The van der Waals surface area contributed by atoms with Gasteiger partial charge in [0.25, 0.3) is 0 Å². The van der Waals surface area contributed by atoms with Crippen LogP contribution < -0.4 is 0 Å². The first-order chi connectivity index (χ1) is 9.88. The second-order valence-electron chi connectivity index (χ2n) is 4.65. The largest absolute Gasteiger partial charge is 0.298 e. The molecule has 0 unspecified atom stereocenters. The van der Waals surface area contributed by atoms with Gasteiger partial charge in [0.15, 0.2) is 6.29 Å². The van der Waals surface area contributed by atoms with Gasteiger partial charge >= 0.3 is 0 Å². The fourth-order valence-electron chi connectivity index (χ4n) is 2.36. The van der Waals surface area contributed by atoms with E-state index in [0.717, 1.165) is 28.5 Å². The second-order valence-corrected chi connectivity index (χ2v) is 4.65. The Morgan fingerprint density at radius 3 is 2.05 bits per heavy atom. The van der Waals surface area contributed by atoms with Crippen molar-refractivity contribution in [3.8, 4) is 22.3 Å². The van der Waals surface area contributed by atoms with Crippen molar-refractivity contribution in [2.45, 2.75) is 0 Å². The SMILES string of the molecule is O=Cc1ccccc1-c1cccc(-c2ccccc2)c1. The predicted molar refractivity (Wildman–Crippen MR) is 82.7 cm³/mol. The third-order valence-corrected chi connectivity index (χ3v) is 3.37. The van der Waals surface area contributed by atoms with Crippen molar-refractivity contribution < 1.29 is 4.79 Å². The zero-order valence-corrected chi connectivity index (χ0v) is 11.0. The molecule has 3 aromatic rings. The molecular formula is C19H14O. The summed E-state index contributed by atoms with van der Waals surface area (Å²) in [6.45, 7) is 0. The van der Waals surface area contributed by atoms with Crippen LogP contribution in [0.25, 0.3) is 22.3 Å². The van der Waals surface area contributed by atoms with Crippen LogP contribution >= 0.6 is 0 Å². The van der Waals surface area contributed by atoms with Gasteiger partial charge in [0, 0.05) is 5.56 Å². The molecule has 20 heavy (non-hydrogen) atoms. The van der Waals surface area contributed by atoms with Crippen LogP contribution in [0.5, 0.6) is 0 Å². The van der Waals surface area contributed by atoms with Crippen LogP contribution in [0.4, 0.5) is 0 Å². The fourth-order valence-corrected chi connectivity index (χ4v) is 2.36. The van der Waals surface area contributed by atoms with Crippen molar-refractivity contribution in [1.82, 2.24) is 0 Å². The van der Waals surface area contributed by atoms with E-state index in [0.29, 0.717) is 0 Å². The van der Waals surface area contributed by atoms with E-state index in [9.17, 15) is 4.79 Å². The number of hydrogen-bond donors (Lipinski definition) is 0. The zero-order valence-electron chi connectivity index (χ0n) is 11.0. The highest BCUT2D eigenvalue weighted by Crippen LogP contribution is 2.27. The van der Waals surface area contributed by atoms with Gasteiger partial charge < -0.3 is 0 Å². The van der Waals surface area contributed by atoms with E-state index in [1.54, 1.807) is 0 Å². The summed E-state index contributed by atoms with van der Waals surface area (Å²) in [4.78, 5) is 11.2. The van der Waals surface area contributed by atoms with E-state index in [2.05, 4.69) is 24.3 Å². The fraction of sp³-hybridized carbons (Fsp3) is 0. The molecule has 96 valence electrons. The maximum atomic E-state index is 11.2. The van der Waals surface area contributed by atoms with Gasteiger partial charge in [-0.2, -0.15) is 0 Å². The Labute approximate surface area is 118 Å². The van der Waals surface area contributed by atoms with Gasteiger partial charge in [-0.05, 0) is 28.3 Å². The van der Waals surface area contributed by atoms with Crippen molar-refractivity contribution in [2.75, 3.05) is 0 Å². The predicted octanol–water partition coefficient (Wildman–Crippen LogP) is 4.83. The third kappa shape index (κ3) is 2.39. The molecule has 1 heteroatoms. The summed E-state index contributed by atoms with van der Waals surface area (Å²) in [5.41, 5.74) is 5.09. The van der Waals surface area contributed by atoms with Crippen molar-refractivity contribution in [2.24, 2.45) is 0 Å². The van der Waals surface area contributed by atoms with Crippen LogP contribution in [-0.2, 0) is 0 Å². The summed E-state index contributed by atoms with van der Waals surface area (Å²) >= 11 is 0. The van der Waals surface area contributed by atoms with Crippen molar-refractivity contribution in [3.05, 3.63) is 84.4 Å². The molecule has 1 nitrogen and oxygen atoms in total. The molecule has 0 saturated carbocycles. The summed E-state index contributed by atoms with van der Waals surface area (Å²) in [6.07, 6.45) is 0.907. The molecule has 0 aliphatic heterocycles. The Bertz CT molecular complexity index is 730. The quantitative estimate of drug-likeness (QED) is 0.615. The van der Waals surface area contributed by atoms with Crippen LogP contribution in [0.2, 0.25) is 0 Å². The maximum Gasteiger partial charge on any atom is 0.150 e. The second kappa shape index (κ2) is 5.54. The number of hydrogen-bond acceptors (Lipinski definition) is 1. The van der Waals surface area contributed by atoms with Crippen LogP contribution in [-0.4, -0.2) is 6.29 Å². The molecule has 0 aromatic heterocycles. The summed E-state index contributed by atoms with van der Waals surface area (Å²) in [7, 11) is 0. The number of benzene rings is 3. The number of carbonyl (C=O) groups excluding carboxylic acids is 1. The molecule has 0 aliphatic carbocycles. The van der Waals surface area contributed by atoms with E-state index in [1.165, 1.54) is 5.56 Å². The van der Waals surface area contributed by atoms with Gasteiger partial charge in [0.05, 0.1) is 0 Å². The number of carbonyl (C=O) groups is 1. The van der Waals surface area contributed by atoms with Gasteiger partial charge in [-0.3, -0.25) is 4.79 Å². The molecule has 0 aliphatic rings. The Kier molecular flexibility index (Phi) is 3.42. The molecule has 0 radical (unpaired) electrons. The monoisotopic (exact) mass is 258 g/mol. The van der Waals surface area contributed by atoms with Crippen molar-refractivity contribution in [3.63, 3.8) is 0 Å². The van der Waals surface area contributed by atoms with Crippen LogP contribution in [0.3, 0.4) is 0 Å². The first kappa shape index (κ1) is 12.4. The third-order valence-electron chi connectivity index (χ3n) is 3.37. The summed E-state index contributed by atoms with van der Waals surface area (Å²) in [6, 6.07) is 26.2. The average molecular weight is 258 g/mol. The van der Waals surface area contributed by atoms with Gasteiger partial charge in [0.1, 0.15) is 0 Å². The summed E-state index contributed by atoms with van der Waals surface area (Å²) in [5.74, 6) is 0. The molecule has 0 spiro atoms. The van der Waals surface area contributed by atoms with E-state index in [-0.39, 0.29) is 0 Å². The number of rotatable bonds is 3. The van der Waals surface area contributed by atoms with Crippen molar-refractivity contribution in [1.29, 1.82) is 0 Å². The number of aldehydes is 1. The lowest BCUT2D eigenvalue weighted by atomic mass is 9.96. The smallest absolute Gasteiger partial charge is 0.150 e. The van der Waals surface area contributed by atoms with E-state index < -0.39 is 0 Å². The molecule has 0 amide bonds. The first-order valence-electron chi connectivity index (χ1n) is 6.58. The molecule has 0 atom stereocenters. The lowest BCUT2D eigenvalue weighted by molar-refractivity contribution is 0.112. The van der Waals surface area contributed by atoms with Crippen LogP contribution in [0.15, 0.2) is 78.9 Å². The minimum Gasteiger partial charge on any atom is -0.298 e. The maximum absolute atomic E-state index is 11.2. The van der Waals surface area contributed by atoms with Gasteiger partial charge in [-0.25, -0.2) is 0 Å². The highest BCUT2D eigenvalue weighted by molar-refractivity contribution is 5.88. The standard InChI is InChI=1S/C19H14O/c20-14-18-9-4-5-12-19(18)17-11-6-10-16(13-17)15-7-2-1-3-8-15/h1-14H. The van der Waals surface area contributed by atoms with E-state index in [1.807, 2.05) is 54.6 Å². The molecule has 3 aromatic carbocycles. The molecule has 0 fully saturated rings. The van der Waals surface area contributed by atoms with Gasteiger partial charge in [-0.1, -0.05) is 72.8 Å². The summed E-state index contributed by atoms with van der Waals surface area (Å²) in [5, 5.41) is 0. The molecule has 0 heterocycles. The highest BCUT2D eigenvalue weighted by Gasteiger charge is 2.05. The first-order valence-corrected chi connectivity index (χ1v) is 6.58.